The van der Waals surface area contributed by atoms with E-state index in [0.29, 0.717) is 23.2 Å². The zero-order chi connectivity index (χ0) is 20.9. The largest absolute Gasteiger partial charge is 0.456 e. The third-order valence-electron chi connectivity index (χ3n) is 4.28. The highest BCUT2D eigenvalue weighted by Crippen LogP contribution is 2.18. The van der Waals surface area contributed by atoms with Crippen molar-refractivity contribution in [3.05, 3.63) is 101 Å². The molecule has 0 bridgehead atoms. The summed E-state index contributed by atoms with van der Waals surface area (Å²) in [6.07, 6.45) is 0.683. The SMILES string of the molecule is CC(C)(C)OC(=O)c1ccc(NC(=O)c2ccccc2Cc2ccccc2)cc1. The van der Waals surface area contributed by atoms with Crippen LogP contribution in [0.2, 0.25) is 0 Å². The van der Waals surface area contributed by atoms with Crippen LogP contribution in [0.5, 0.6) is 0 Å². The molecule has 4 heteroatoms. The molecule has 148 valence electrons. The first-order valence-corrected chi connectivity index (χ1v) is 9.58. The molecule has 0 fully saturated rings. The van der Waals surface area contributed by atoms with Gasteiger partial charge in [-0.15, -0.1) is 0 Å². The molecule has 0 saturated carbocycles. The number of nitrogens with one attached hydrogen (secondary N) is 1. The van der Waals surface area contributed by atoms with E-state index in [-0.39, 0.29) is 11.9 Å². The fraction of sp³-hybridized carbons (Fsp3) is 0.200. The van der Waals surface area contributed by atoms with Crippen LogP contribution in [-0.4, -0.2) is 17.5 Å². The third-order valence-corrected chi connectivity index (χ3v) is 4.28. The number of carbonyl (C=O) groups is 2. The number of ether oxygens (including phenoxy) is 1. The molecule has 0 spiro atoms. The summed E-state index contributed by atoms with van der Waals surface area (Å²) in [5, 5.41) is 2.91. The van der Waals surface area contributed by atoms with Crippen LogP contribution in [0.4, 0.5) is 5.69 Å². The van der Waals surface area contributed by atoms with Crippen molar-refractivity contribution >= 4 is 17.6 Å². The van der Waals surface area contributed by atoms with E-state index in [1.54, 1.807) is 24.3 Å². The number of rotatable bonds is 5. The maximum atomic E-state index is 12.8. The van der Waals surface area contributed by atoms with Crippen LogP contribution in [-0.2, 0) is 11.2 Å². The van der Waals surface area contributed by atoms with Crippen molar-refractivity contribution < 1.29 is 14.3 Å². The number of hydrogen-bond donors (Lipinski definition) is 1. The van der Waals surface area contributed by atoms with Crippen LogP contribution in [0.15, 0.2) is 78.9 Å². The zero-order valence-corrected chi connectivity index (χ0v) is 16.9. The van der Waals surface area contributed by atoms with E-state index >= 15 is 0 Å². The van der Waals surface area contributed by atoms with Crippen LogP contribution in [0.1, 0.15) is 52.6 Å². The molecule has 3 aromatic carbocycles. The lowest BCUT2D eigenvalue weighted by Gasteiger charge is -2.19. The molecule has 4 nitrogen and oxygen atoms in total. The zero-order valence-electron chi connectivity index (χ0n) is 16.9. The van der Waals surface area contributed by atoms with E-state index in [9.17, 15) is 9.59 Å². The van der Waals surface area contributed by atoms with Gasteiger partial charge in [0.2, 0.25) is 0 Å². The molecule has 3 aromatic rings. The van der Waals surface area contributed by atoms with E-state index < -0.39 is 5.60 Å². The van der Waals surface area contributed by atoms with E-state index in [1.165, 1.54) is 0 Å². The van der Waals surface area contributed by atoms with Gasteiger partial charge in [-0.2, -0.15) is 0 Å². The van der Waals surface area contributed by atoms with Crippen molar-refractivity contribution in [1.29, 1.82) is 0 Å². The van der Waals surface area contributed by atoms with Crippen molar-refractivity contribution in [1.82, 2.24) is 0 Å². The van der Waals surface area contributed by atoms with Crippen molar-refractivity contribution in [2.24, 2.45) is 0 Å². The molecular formula is C25H25NO3. The molecule has 0 saturated heterocycles. The second-order valence-electron chi connectivity index (χ2n) is 7.85. The Kier molecular flexibility index (Phi) is 6.13. The van der Waals surface area contributed by atoms with Crippen molar-refractivity contribution in [2.45, 2.75) is 32.8 Å². The minimum absolute atomic E-state index is 0.179. The van der Waals surface area contributed by atoms with Gasteiger partial charge >= 0.3 is 5.97 Å². The predicted octanol–water partition coefficient (Wildman–Crippen LogP) is 5.49. The Labute approximate surface area is 171 Å². The summed E-state index contributed by atoms with van der Waals surface area (Å²) in [5.74, 6) is -0.565. The number of hydrogen-bond acceptors (Lipinski definition) is 3. The first-order chi connectivity index (χ1) is 13.8. The molecular weight excluding hydrogens is 362 g/mol. The van der Waals surface area contributed by atoms with Crippen LogP contribution in [0.3, 0.4) is 0 Å². The molecule has 3 rings (SSSR count). The van der Waals surface area contributed by atoms with Crippen molar-refractivity contribution in [3.8, 4) is 0 Å². The Balaban J connectivity index is 1.72. The molecule has 29 heavy (non-hydrogen) atoms. The van der Waals surface area contributed by atoms with Gasteiger partial charge in [-0.1, -0.05) is 48.5 Å². The highest BCUT2D eigenvalue weighted by atomic mass is 16.6. The topological polar surface area (TPSA) is 55.4 Å². The molecule has 0 aliphatic heterocycles. The highest BCUT2D eigenvalue weighted by Gasteiger charge is 2.18. The third kappa shape index (κ3) is 5.79. The molecule has 0 aliphatic carbocycles. The molecule has 0 heterocycles. The first-order valence-electron chi connectivity index (χ1n) is 9.58. The molecule has 0 radical (unpaired) electrons. The van der Waals surface area contributed by atoms with E-state index in [1.807, 2.05) is 75.4 Å². The maximum Gasteiger partial charge on any atom is 0.338 e. The summed E-state index contributed by atoms with van der Waals surface area (Å²) in [7, 11) is 0. The molecule has 0 atom stereocenters. The van der Waals surface area contributed by atoms with Gasteiger partial charge in [0.05, 0.1) is 5.56 Å². The Bertz CT molecular complexity index is 987. The molecule has 1 amide bonds. The van der Waals surface area contributed by atoms with Crippen LogP contribution in [0, 0.1) is 0 Å². The lowest BCUT2D eigenvalue weighted by Crippen LogP contribution is -2.23. The number of amides is 1. The number of esters is 1. The van der Waals surface area contributed by atoms with E-state index in [2.05, 4.69) is 5.32 Å². The molecule has 1 N–H and O–H groups in total. The highest BCUT2D eigenvalue weighted by molar-refractivity contribution is 6.05. The van der Waals surface area contributed by atoms with E-state index in [4.69, 9.17) is 4.74 Å². The fourth-order valence-corrected chi connectivity index (χ4v) is 2.94. The van der Waals surface area contributed by atoms with Gasteiger partial charge in [0.15, 0.2) is 0 Å². The van der Waals surface area contributed by atoms with Crippen molar-refractivity contribution in [2.75, 3.05) is 5.32 Å². The fourth-order valence-electron chi connectivity index (χ4n) is 2.94. The van der Waals surface area contributed by atoms with Gasteiger partial charge in [0.1, 0.15) is 5.60 Å². The minimum Gasteiger partial charge on any atom is -0.456 e. The summed E-state index contributed by atoms with van der Waals surface area (Å²) in [5.41, 5.74) is 3.26. The quantitative estimate of drug-likeness (QED) is 0.589. The summed E-state index contributed by atoms with van der Waals surface area (Å²) >= 11 is 0. The van der Waals surface area contributed by atoms with Gasteiger partial charge in [0, 0.05) is 11.3 Å². The predicted molar refractivity (Wildman–Crippen MR) is 115 cm³/mol. The Morgan fingerprint density at radius 1 is 0.828 bits per heavy atom. The van der Waals surface area contributed by atoms with Gasteiger partial charge in [0.25, 0.3) is 5.91 Å². The summed E-state index contributed by atoms with van der Waals surface area (Å²) in [6, 6.07) is 24.3. The van der Waals surface area contributed by atoms with E-state index in [0.717, 1.165) is 11.1 Å². The molecule has 0 unspecified atom stereocenters. The number of benzene rings is 3. The van der Waals surface area contributed by atoms with Gasteiger partial charge in [-0.25, -0.2) is 4.79 Å². The lowest BCUT2D eigenvalue weighted by molar-refractivity contribution is 0.00695. The summed E-state index contributed by atoms with van der Waals surface area (Å²) < 4.78 is 5.36. The van der Waals surface area contributed by atoms with Gasteiger partial charge < -0.3 is 10.1 Å². The number of carbonyl (C=O) groups excluding carboxylic acids is 2. The second kappa shape index (κ2) is 8.74. The van der Waals surface area contributed by atoms with Crippen LogP contribution < -0.4 is 5.32 Å². The Hall–Kier alpha value is -3.40. The minimum atomic E-state index is -0.549. The monoisotopic (exact) mass is 387 g/mol. The normalized spacial score (nSPS) is 11.0. The average molecular weight is 387 g/mol. The molecule has 0 aliphatic rings. The second-order valence-corrected chi connectivity index (χ2v) is 7.85. The van der Waals surface area contributed by atoms with Gasteiger partial charge in [-0.3, -0.25) is 4.79 Å². The number of anilines is 1. The standard InChI is InChI=1S/C25H25NO3/c1-25(2,3)29-24(28)19-13-15-21(16-14-19)26-23(27)22-12-8-7-11-20(22)17-18-9-5-4-6-10-18/h4-16H,17H2,1-3H3,(H,26,27). The maximum absolute atomic E-state index is 12.8. The average Bonchev–Trinajstić information content (AvgIpc) is 2.68. The van der Waals surface area contributed by atoms with Crippen LogP contribution >= 0.6 is 0 Å². The molecule has 0 aromatic heterocycles. The smallest absolute Gasteiger partial charge is 0.338 e. The lowest BCUT2D eigenvalue weighted by atomic mass is 9.99. The Morgan fingerprint density at radius 3 is 2.10 bits per heavy atom. The first kappa shape index (κ1) is 20.3. The summed E-state index contributed by atoms with van der Waals surface area (Å²) in [6.45, 7) is 5.48. The van der Waals surface area contributed by atoms with Crippen molar-refractivity contribution in [3.63, 3.8) is 0 Å². The summed E-state index contributed by atoms with van der Waals surface area (Å²) in [4.78, 5) is 25.0. The van der Waals surface area contributed by atoms with Gasteiger partial charge in [-0.05, 0) is 68.7 Å². The van der Waals surface area contributed by atoms with Crippen LogP contribution in [0.25, 0.3) is 0 Å². The Morgan fingerprint density at radius 2 is 1.45 bits per heavy atom.